The molecule has 2 aliphatic rings. The van der Waals surface area contributed by atoms with Crippen molar-refractivity contribution in [1.29, 1.82) is 0 Å². The molecule has 118 valence electrons. The predicted octanol–water partition coefficient (Wildman–Crippen LogP) is 0.222. The molecule has 0 spiro atoms. The van der Waals surface area contributed by atoms with Gasteiger partial charge in [0.05, 0.1) is 11.8 Å². The number of nitrogens with zero attached hydrogens (tertiary/aromatic N) is 2. The molecule has 2 aliphatic heterocycles. The van der Waals surface area contributed by atoms with Gasteiger partial charge in [-0.05, 0) is 12.0 Å². The minimum absolute atomic E-state index is 0.0160. The highest BCUT2D eigenvalue weighted by Crippen LogP contribution is 2.23. The molecule has 2 heterocycles. The molecule has 0 aromatic heterocycles. The van der Waals surface area contributed by atoms with Crippen LogP contribution in [-0.2, 0) is 26.0 Å². The monoisotopic (exact) mass is 324 g/mol. The van der Waals surface area contributed by atoms with E-state index in [1.807, 2.05) is 30.3 Å². The van der Waals surface area contributed by atoms with Crippen LogP contribution in [0.15, 0.2) is 30.3 Å². The number of hydrogen-bond donors (Lipinski definition) is 0. The van der Waals surface area contributed by atoms with Crippen molar-refractivity contribution in [3.63, 3.8) is 0 Å². The second kappa shape index (κ2) is 5.69. The van der Waals surface area contributed by atoms with Gasteiger partial charge in [-0.2, -0.15) is 4.31 Å². The summed E-state index contributed by atoms with van der Waals surface area (Å²) in [4.78, 5) is 23.9. The molecule has 1 aromatic carbocycles. The number of benzene rings is 1. The molecule has 0 radical (unpaired) electrons. The van der Waals surface area contributed by atoms with Crippen LogP contribution in [0.5, 0.6) is 0 Å². The van der Waals surface area contributed by atoms with Crippen molar-refractivity contribution in [2.45, 2.75) is 12.5 Å². The summed E-state index contributed by atoms with van der Waals surface area (Å²) in [5, 5.41) is 0. The maximum atomic E-state index is 12.2. The number of cyclic esters (lactones) is 1. The van der Waals surface area contributed by atoms with Crippen LogP contribution in [0.1, 0.15) is 5.56 Å². The van der Waals surface area contributed by atoms with E-state index in [4.69, 9.17) is 0 Å². The van der Waals surface area contributed by atoms with Crippen molar-refractivity contribution < 1.29 is 22.7 Å². The molecule has 0 saturated carbocycles. The minimum atomic E-state index is -3.38. The van der Waals surface area contributed by atoms with Crippen LogP contribution in [0.3, 0.4) is 0 Å². The molecule has 7 nitrogen and oxygen atoms in total. The lowest BCUT2D eigenvalue weighted by molar-refractivity contribution is -0.128. The van der Waals surface area contributed by atoms with E-state index in [-0.39, 0.29) is 25.4 Å². The Balaban J connectivity index is 1.55. The Kier molecular flexibility index (Phi) is 3.88. The zero-order chi connectivity index (χ0) is 15.7. The molecule has 0 N–H and O–H groups in total. The van der Waals surface area contributed by atoms with Gasteiger partial charge in [0.2, 0.25) is 10.0 Å². The number of ether oxygens (including phenoxy) is 1. The van der Waals surface area contributed by atoms with E-state index < -0.39 is 28.1 Å². The van der Waals surface area contributed by atoms with Gasteiger partial charge in [-0.3, -0.25) is 4.79 Å². The summed E-state index contributed by atoms with van der Waals surface area (Å²) in [5.74, 6) is -0.390. The fourth-order valence-corrected chi connectivity index (χ4v) is 4.10. The number of amides is 2. The number of imide groups is 1. The summed E-state index contributed by atoms with van der Waals surface area (Å²) < 4.78 is 30.4. The molecule has 2 saturated heterocycles. The number of carbonyl (C=O) groups is 2. The highest BCUT2D eigenvalue weighted by atomic mass is 32.2. The van der Waals surface area contributed by atoms with Crippen molar-refractivity contribution in [3.8, 4) is 0 Å². The van der Waals surface area contributed by atoms with Crippen molar-refractivity contribution in [3.05, 3.63) is 35.9 Å². The Bertz CT molecular complexity index is 666. The third-order valence-electron chi connectivity index (χ3n) is 3.86. The number of sulfonamides is 1. The highest BCUT2D eigenvalue weighted by Gasteiger charge is 2.46. The number of rotatable bonds is 5. The zero-order valence-electron chi connectivity index (χ0n) is 11.8. The van der Waals surface area contributed by atoms with Crippen molar-refractivity contribution in [2.75, 3.05) is 25.4 Å². The van der Waals surface area contributed by atoms with E-state index >= 15 is 0 Å². The first-order valence-corrected chi connectivity index (χ1v) is 8.59. The molecular weight excluding hydrogens is 308 g/mol. The molecule has 2 fully saturated rings. The first-order valence-electron chi connectivity index (χ1n) is 6.98. The van der Waals surface area contributed by atoms with Gasteiger partial charge in [0.25, 0.3) is 5.91 Å². The molecule has 8 heteroatoms. The van der Waals surface area contributed by atoms with Gasteiger partial charge in [0.1, 0.15) is 0 Å². The molecular formula is C14H16N2O5S. The normalized spacial score (nSPS) is 20.1. The molecule has 2 amide bonds. The molecule has 0 bridgehead atoms. The first kappa shape index (κ1) is 15.0. The average molecular weight is 324 g/mol. The van der Waals surface area contributed by atoms with E-state index in [2.05, 4.69) is 4.74 Å². The second-order valence-corrected chi connectivity index (χ2v) is 7.43. The number of carbonyl (C=O) groups excluding carboxylic acids is 2. The van der Waals surface area contributed by atoms with Crippen molar-refractivity contribution in [1.82, 2.24) is 9.21 Å². The summed E-state index contributed by atoms with van der Waals surface area (Å²) in [6, 6.07) is 8.97. The molecule has 0 atom stereocenters. The molecule has 0 aliphatic carbocycles. The largest absolute Gasteiger partial charge is 0.439 e. The van der Waals surface area contributed by atoms with E-state index in [0.29, 0.717) is 6.42 Å². The lowest BCUT2D eigenvalue weighted by Crippen LogP contribution is -2.62. The molecule has 3 rings (SSSR count). The number of aryl methyl sites for hydroxylation is 1. The Labute approximate surface area is 128 Å². The molecule has 22 heavy (non-hydrogen) atoms. The van der Waals surface area contributed by atoms with E-state index in [1.165, 1.54) is 4.31 Å². The van der Waals surface area contributed by atoms with Gasteiger partial charge in [0.15, 0.2) is 6.61 Å². The van der Waals surface area contributed by atoms with Gasteiger partial charge >= 0.3 is 6.09 Å². The first-order chi connectivity index (χ1) is 10.5. The SMILES string of the molecule is O=C1COC(=O)N1C1CN(S(=O)(=O)CCc2ccccc2)C1. The van der Waals surface area contributed by atoms with Crippen LogP contribution in [0.2, 0.25) is 0 Å². The summed E-state index contributed by atoms with van der Waals surface area (Å²) in [6.07, 6.45) is -0.244. The van der Waals surface area contributed by atoms with Crippen LogP contribution in [0.25, 0.3) is 0 Å². The van der Waals surface area contributed by atoms with E-state index in [9.17, 15) is 18.0 Å². The van der Waals surface area contributed by atoms with Crippen LogP contribution in [-0.4, -0.2) is 61.1 Å². The molecule has 1 aromatic rings. The standard InChI is InChI=1S/C14H16N2O5S/c17-13-10-21-14(18)16(13)12-8-15(9-12)22(19,20)7-6-11-4-2-1-3-5-11/h1-5,12H,6-10H2. The van der Waals surface area contributed by atoms with E-state index in [0.717, 1.165) is 10.5 Å². The van der Waals surface area contributed by atoms with Gasteiger partial charge in [-0.1, -0.05) is 30.3 Å². The average Bonchev–Trinajstić information content (AvgIpc) is 2.77. The summed E-state index contributed by atoms with van der Waals surface area (Å²) >= 11 is 0. The quantitative estimate of drug-likeness (QED) is 0.774. The summed E-state index contributed by atoms with van der Waals surface area (Å²) in [6.45, 7) is 0.0476. The lowest BCUT2D eigenvalue weighted by Gasteiger charge is -2.40. The maximum Gasteiger partial charge on any atom is 0.417 e. The third kappa shape index (κ3) is 2.84. The Morgan fingerprint density at radius 1 is 1.14 bits per heavy atom. The second-order valence-electron chi connectivity index (χ2n) is 5.34. The Morgan fingerprint density at radius 3 is 2.41 bits per heavy atom. The van der Waals surface area contributed by atoms with Crippen molar-refractivity contribution >= 4 is 22.0 Å². The van der Waals surface area contributed by atoms with Gasteiger partial charge in [-0.15, -0.1) is 0 Å². The zero-order valence-corrected chi connectivity index (χ0v) is 12.7. The topological polar surface area (TPSA) is 84.0 Å². The van der Waals surface area contributed by atoms with Crippen LogP contribution in [0.4, 0.5) is 4.79 Å². The minimum Gasteiger partial charge on any atom is -0.439 e. The Hall–Kier alpha value is -1.93. The Morgan fingerprint density at radius 2 is 1.82 bits per heavy atom. The number of hydrogen-bond acceptors (Lipinski definition) is 5. The van der Waals surface area contributed by atoms with Crippen LogP contribution < -0.4 is 0 Å². The van der Waals surface area contributed by atoms with Gasteiger partial charge in [0, 0.05) is 13.1 Å². The van der Waals surface area contributed by atoms with Crippen LogP contribution >= 0.6 is 0 Å². The van der Waals surface area contributed by atoms with Gasteiger partial charge in [-0.25, -0.2) is 18.1 Å². The summed E-state index contributed by atoms with van der Waals surface area (Å²) in [5.41, 5.74) is 0.960. The fraction of sp³-hybridized carbons (Fsp3) is 0.429. The van der Waals surface area contributed by atoms with Gasteiger partial charge < -0.3 is 4.74 Å². The maximum absolute atomic E-state index is 12.2. The summed E-state index contributed by atoms with van der Waals surface area (Å²) in [7, 11) is -3.38. The third-order valence-corrected chi connectivity index (χ3v) is 5.67. The highest BCUT2D eigenvalue weighted by molar-refractivity contribution is 7.89. The van der Waals surface area contributed by atoms with E-state index in [1.54, 1.807) is 0 Å². The van der Waals surface area contributed by atoms with Crippen molar-refractivity contribution in [2.24, 2.45) is 0 Å². The predicted molar refractivity (Wildman–Crippen MR) is 77.5 cm³/mol. The fourth-order valence-electron chi connectivity index (χ4n) is 2.54. The molecule has 0 unspecified atom stereocenters. The lowest BCUT2D eigenvalue weighted by atomic mass is 10.1. The van der Waals surface area contributed by atoms with Crippen LogP contribution in [0, 0.1) is 0 Å². The smallest absolute Gasteiger partial charge is 0.417 e.